The molecule has 1 atom stereocenters. The van der Waals surface area contributed by atoms with Crippen molar-refractivity contribution >= 4 is 11.7 Å². The summed E-state index contributed by atoms with van der Waals surface area (Å²) in [6, 6.07) is 3.78. The molecule has 0 saturated heterocycles. The maximum Gasteiger partial charge on any atom is 0.251 e. The number of hydrogen-bond acceptors (Lipinski definition) is 4. The summed E-state index contributed by atoms with van der Waals surface area (Å²) in [7, 11) is 0. The molecular weight excluding hydrogens is 252 g/mol. The zero-order valence-corrected chi connectivity index (χ0v) is 12.9. The highest BCUT2D eigenvalue weighted by atomic mass is 16.1. The summed E-state index contributed by atoms with van der Waals surface area (Å²) >= 11 is 0. The number of carbonyl (C=O) groups excluding carboxylic acids is 1. The Hall–Kier alpha value is -1.62. The van der Waals surface area contributed by atoms with Crippen LogP contribution in [0.3, 0.4) is 0 Å². The predicted molar refractivity (Wildman–Crippen MR) is 80.4 cm³/mol. The Labute approximate surface area is 120 Å². The number of hydrazine groups is 1. The lowest BCUT2D eigenvalue weighted by atomic mass is 9.90. The molecule has 1 fully saturated rings. The molecule has 5 heteroatoms. The number of nitrogens with zero attached hydrogens (tertiary/aromatic N) is 1. The van der Waals surface area contributed by atoms with E-state index in [9.17, 15) is 4.79 Å². The van der Waals surface area contributed by atoms with Crippen molar-refractivity contribution in [2.45, 2.75) is 52.5 Å². The van der Waals surface area contributed by atoms with Gasteiger partial charge in [-0.05, 0) is 24.0 Å². The molecule has 2 rings (SSSR count). The van der Waals surface area contributed by atoms with E-state index in [4.69, 9.17) is 5.84 Å². The molecule has 1 aliphatic rings. The number of pyridine rings is 1. The lowest BCUT2D eigenvalue weighted by Crippen LogP contribution is -2.29. The molecule has 0 bridgehead atoms. The second kappa shape index (κ2) is 4.74. The SMILES string of the molecule is CC(C)(C)c1cc(C(=O)NC2CC2(C)C)cc(NN)n1. The van der Waals surface area contributed by atoms with E-state index < -0.39 is 0 Å². The summed E-state index contributed by atoms with van der Waals surface area (Å²) in [5, 5.41) is 3.06. The van der Waals surface area contributed by atoms with E-state index in [1.54, 1.807) is 6.07 Å². The van der Waals surface area contributed by atoms with Crippen molar-refractivity contribution in [2.24, 2.45) is 11.3 Å². The maximum atomic E-state index is 12.3. The topological polar surface area (TPSA) is 80.0 Å². The first-order chi connectivity index (χ1) is 9.13. The van der Waals surface area contributed by atoms with Gasteiger partial charge in [-0.15, -0.1) is 0 Å². The number of nitrogens with one attached hydrogen (secondary N) is 2. The van der Waals surface area contributed by atoms with Gasteiger partial charge in [-0.2, -0.15) is 0 Å². The van der Waals surface area contributed by atoms with Gasteiger partial charge in [0.25, 0.3) is 5.91 Å². The summed E-state index contributed by atoms with van der Waals surface area (Å²) < 4.78 is 0. The quantitative estimate of drug-likeness (QED) is 0.584. The Kier molecular flexibility index (Phi) is 3.50. The van der Waals surface area contributed by atoms with Gasteiger partial charge in [0.05, 0.1) is 0 Å². The van der Waals surface area contributed by atoms with Crippen LogP contribution in [0.15, 0.2) is 12.1 Å². The fourth-order valence-electron chi connectivity index (χ4n) is 2.07. The van der Waals surface area contributed by atoms with Crippen LogP contribution in [0.1, 0.15) is 57.1 Å². The van der Waals surface area contributed by atoms with Crippen molar-refractivity contribution in [3.05, 3.63) is 23.4 Å². The number of hydrogen-bond donors (Lipinski definition) is 3. The van der Waals surface area contributed by atoms with E-state index in [0.717, 1.165) is 12.1 Å². The number of rotatable bonds is 3. The van der Waals surface area contributed by atoms with Crippen molar-refractivity contribution in [3.63, 3.8) is 0 Å². The van der Waals surface area contributed by atoms with Crippen LogP contribution < -0.4 is 16.6 Å². The Morgan fingerprint density at radius 1 is 1.40 bits per heavy atom. The second-order valence-electron chi connectivity index (χ2n) is 7.24. The molecule has 1 saturated carbocycles. The van der Waals surface area contributed by atoms with Crippen LogP contribution in [0.25, 0.3) is 0 Å². The van der Waals surface area contributed by atoms with Crippen LogP contribution in [0.5, 0.6) is 0 Å². The summed E-state index contributed by atoms with van der Waals surface area (Å²) in [5.41, 5.74) is 4.04. The van der Waals surface area contributed by atoms with Gasteiger partial charge >= 0.3 is 0 Å². The zero-order valence-electron chi connectivity index (χ0n) is 12.9. The Bertz CT molecular complexity index is 531. The molecule has 1 aromatic heterocycles. The fraction of sp³-hybridized carbons (Fsp3) is 0.600. The third kappa shape index (κ3) is 3.10. The van der Waals surface area contributed by atoms with Crippen LogP contribution in [0.2, 0.25) is 0 Å². The van der Waals surface area contributed by atoms with Gasteiger partial charge in [0.1, 0.15) is 5.82 Å². The van der Waals surface area contributed by atoms with Crippen LogP contribution in [-0.4, -0.2) is 16.9 Å². The molecule has 0 radical (unpaired) electrons. The van der Waals surface area contributed by atoms with Gasteiger partial charge in [-0.25, -0.2) is 10.8 Å². The smallest absolute Gasteiger partial charge is 0.251 e. The fourth-order valence-corrected chi connectivity index (χ4v) is 2.07. The summed E-state index contributed by atoms with van der Waals surface area (Å²) in [5.74, 6) is 5.89. The average molecular weight is 276 g/mol. The monoisotopic (exact) mass is 276 g/mol. The highest BCUT2D eigenvalue weighted by Crippen LogP contribution is 2.44. The maximum absolute atomic E-state index is 12.3. The third-order valence-electron chi connectivity index (χ3n) is 3.82. The minimum Gasteiger partial charge on any atom is -0.349 e. The molecule has 5 nitrogen and oxygen atoms in total. The lowest BCUT2D eigenvalue weighted by molar-refractivity contribution is 0.0946. The minimum absolute atomic E-state index is 0.0648. The summed E-state index contributed by atoms with van der Waals surface area (Å²) in [4.78, 5) is 16.7. The van der Waals surface area contributed by atoms with E-state index in [0.29, 0.717) is 11.4 Å². The van der Waals surface area contributed by atoms with Crippen LogP contribution in [0, 0.1) is 5.41 Å². The van der Waals surface area contributed by atoms with Gasteiger partial charge in [0.15, 0.2) is 0 Å². The van der Waals surface area contributed by atoms with E-state index >= 15 is 0 Å². The highest BCUT2D eigenvalue weighted by molar-refractivity contribution is 5.95. The standard InChI is InChI=1S/C15H24N4O/c1-14(2,3)10-6-9(7-12(17-10)19-16)13(20)18-11-8-15(11,4)5/h6-7,11H,8,16H2,1-5H3,(H,17,19)(H,18,20). The van der Waals surface area contributed by atoms with Crippen molar-refractivity contribution in [1.29, 1.82) is 0 Å². The molecule has 0 aliphatic heterocycles. The zero-order chi connectivity index (χ0) is 15.1. The van der Waals surface area contributed by atoms with Crippen LogP contribution >= 0.6 is 0 Å². The van der Waals surface area contributed by atoms with Gasteiger partial charge in [-0.1, -0.05) is 34.6 Å². The largest absolute Gasteiger partial charge is 0.349 e. The number of nitrogen functional groups attached to an aromatic ring is 1. The predicted octanol–water partition coefficient (Wildman–Crippen LogP) is 2.19. The first kappa shape index (κ1) is 14.8. The lowest BCUT2D eigenvalue weighted by Gasteiger charge is -2.19. The van der Waals surface area contributed by atoms with Crippen molar-refractivity contribution in [1.82, 2.24) is 10.3 Å². The van der Waals surface area contributed by atoms with Gasteiger partial charge in [0.2, 0.25) is 0 Å². The first-order valence-corrected chi connectivity index (χ1v) is 6.93. The molecule has 0 spiro atoms. The number of carbonyl (C=O) groups is 1. The van der Waals surface area contributed by atoms with Crippen LogP contribution in [0.4, 0.5) is 5.82 Å². The summed E-state index contributed by atoms with van der Waals surface area (Å²) in [6.07, 6.45) is 1.03. The molecular formula is C15H24N4O. The number of amides is 1. The van der Waals surface area contributed by atoms with Gasteiger partial charge < -0.3 is 10.7 Å². The second-order valence-corrected chi connectivity index (χ2v) is 7.24. The van der Waals surface area contributed by atoms with Crippen molar-refractivity contribution in [3.8, 4) is 0 Å². The summed E-state index contributed by atoms with van der Waals surface area (Å²) in [6.45, 7) is 10.5. The highest BCUT2D eigenvalue weighted by Gasteiger charge is 2.46. The number of aromatic nitrogens is 1. The number of anilines is 1. The molecule has 1 aliphatic carbocycles. The van der Waals surface area contributed by atoms with E-state index in [1.807, 2.05) is 6.07 Å². The van der Waals surface area contributed by atoms with Gasteiger partial charge in [0, 0.05) is 22.7 Å². The molecule has 1 heterocycles. The molecule has 1 amide bonds. The van der Waals surface area contributed by atoms with E-state index in [-0.39, 0.29) is 22.8 Å². The molecule has 1 unspecified atom stereocenters. The molecule has 0 aromatic carbocycles. The molecule has 1 aromatic rings. The average Bonchev–Trinajstić information content (AvgIpc) is 2.94. The van der Waals surface area contributed by atoms with Crippen LogP contribution in [-0.2, 0) is 5.41 Å². The molecule has 110 valence electrons. The van der Waals surface area contributed by atoms with Gasteiger partial charge in [-0.3, -0.25) is 4.79 Å². The molecule has 20 heavy (non-hydrogen) atoms. The normalized spacial score (nSPS) is 20.4. The third-order valence-corrected chi connectivity index (χ3v) is 3.82. The first-order valence-electron chi connectivity index (χ1n) is 6.93. The van der Waals surface area contributed by atoms with E-state index in [1.165, 1.54) is 0 Å². The molecule has 4 N–H and O–H groups in total. The van der Waals surface area contributed by atoms with E-state index in [2.05, 4.69) is 50.3 Å². The van der Waals surface area contributed by atoms with Crippen molar-refractivity contribution < 1.29 is 4.79 Å². The Morgan fingerprint density at radius 2 is 2.00 bits per heavy atom. The Balaban J connectivity index is 2.24. The number of nitrogens with two attached hydrogens (primary N) is 1. The van der Waals surface area contributed by atoms with Crippen molar-refractivity contribution in [2.75, 3.05) is 5.43 Å². The minimum atomic E-state index is -0.138. The Morgan fingerprint density at radius 3 is 2.45 bits per heavy atom.